The lowest BCUT2D eigenvalue weighted by Gasteiger charge is -2.33. The Morgan fingerprint density at radius 1 is 1.20 bits per heavy atom. The molecule has 0 spiro atoms. The molecule has 0 bridgehead atoms. The van der Waals surface area contributed by atoms with E-state index in [-0.39, 0.29) is 18.1 Å². The van der Waals surface area contributed by atoms with Crippen LogP contribution in [0.2, 0.25) is 0 Å². The fourth-order valence-corrected chi connectivity index (χ4v) is 4.69. The normalized spacial score (nSPS) is 22.3. The molecule has 1 amide bonds. The SMILES string of the molecule is CCc1ccc(S(=O)(=O)NC2CCN(C(=O)C3CCCO3)CC2)cc1. The summed E-state index contributed by atoms with van der Waals surface area (Å²) in [6, 6.07) is 6.85. The van der Waals surface area contributed by atoms with E-state index < -0.39 is 10.0 Å². The van der Waals surface area contributed by atoms with E-state index in [9.17, 15) is 13.2 Å². The minimum absolute atomic E-state index is 0.0500. The van der Waals surface area contributed by atoms with Crippen molar-refractivity contribution in [1.29, 1.82) is 0 Å². The van der Waals surface area contributed by atoms with Crippen LogP contribution in [0.4, 0.5) is 0 Å². The van der Waals surface area contributed by atoms with Gasteiger partial charge in [-0.25, -0.2) is 13.1 Å². The molecule has 6 nitrogen and oxygen atoms in total. The highest BCUT2D eigenvalue weighted by Crippen LogP contribution is 2.20. The van der Waals surface area contributed by atoms with E-state index in [1.807, 2.05) is 19.1 Å². The molecule has 2 saturated heterocycles. The van der Waals surface area contributed by atoms with Gasteiger partial charge < -0.3 is 9.64 Å². The second-order valence-corrected chi connectivity index (χ2v) is 8.43. The molecule has 0 aromatic heterocycles. The molecular weight excluding hydrogens is 340 g/mol. The third-order valence-electron chi connectivity index (χ3n) is 4.98. The summed E-state index contributed by atoms with van der Waals surface area (Å²) in [5, 5.41) is 0. The molecule has 2 heterocycles. The van der Waals surface area contributed by atoms with Gasteiger partial charge in [-0.15, -0.1) is 0 Å². The summed E-state index contributed by atoms with van der Waals surface area (Å²) in [5.41, 5.74) is 1.11. The maximum Gasteiger partial charge on any atom is 0.251 e. The first-order chi connectivity index (χ1) is 12.0. The standard InChI is InChI=1S/C18H26N2O4S/c1-2-14-5-7-16(8-6-14)25(22,23)19-15-9-11-20(12-10-15)18(21)17-4-3-13-24-17/h5-8,15,17,19H,2-4,9-13H2,1H3. The molecule has 25 heavy (non-hydrogen) atoms. The Hall–Kier alpha value is -1.44. The van der Waals surface area contributed by atoms with Crippen molar-refractivity contribution in [2.75, 3.05) is 19.7 Å². The van der Waals surface area contributed by atoms with Gasteiger partial charge in [0.15, 0.2) is 0 Å². The molecule has 0 saturated carbocycles. The lowest BCUT2D eigenvalue weighted by molar-refractivity contribution is -0.142. The molecule has 2 aliphatic heterocycles. The van der Waals surface area contributed by atoms with Crippen LogP contribution in [0.5, 0.6) is 0 Å². The first-order valence-electron chi connectivity index (χ1n) is 9.01. The average molecular weight is 366 g/mol. The number of carbonyl (C=O) groups is 1. The van der Waals surface area contributed by atoms with Crippen LogP contribution in [-0.4, -0.2) is 51.1 Å². The van der Waals surface area contributed by atoms with Gasteiger partial charge in [-0.1, -0.05) is 19.1 Å². The fourth-order valence-electron chi connectivity index (χ4n) is 3.39. The number of rotatable bonds is 5. The number of nitrogens with one attached hydrogen (secondary N) is 1. The highest BCUT2D eigenvalue weighted by Gasteiger charge is 2.32. The van der Waals surface area contributed by atoms with E-state index in [1.165, 1.54) is 0 Å². The molecule has 0 aliphatic carbocycles. The largest absolute Gasteiger partial charge is 0.368 e. The lowest BCUT2D eigenvalue weighted by Crippen LogP contribution is -2.49. The van der Waals surface area contributed by atoms with Crippen LogP contribution in [0.25, 0.3) is 0 Å². The van der Waals surface area contributed by atoms with Crippen LogP contribution in [0.1, 0.15) is 38.2 Å². The highest BCUT2D eigenvalue weighted by molar-refractivity contribution is 7.89. The van der Waals surface area contributed by atoms with Crippen molar-refractivity contribution in [3.05, 3.63) is 29.8 Å². The Balaban J connectivity index is 1.54. The Morgan fingerprint density at radius 3 is 2.44 bits per heavy atom. The van der Waals surface area contributed by atoms with Gasteiger partial charge in [0.05, 0.1) is 4.90 Å². The van der Waals surface area contributed by atoms with E-state index in [2.05, 4.69) is 4.72 Å². The van der Waals surface area contributed by atoms with Crippen molar-refractivity contribution in [3.63, 3.8) is 0 Å². The maximum absolute atomic E-state index is 12.5. The number of nitrogens with zero attached hydrogens (tertiary/aromatic N) is 1. The summed E-state index contributed by atoms with van der Waals surface area (Å²) in [7, 11) is -3.52. The molecule has 1 unspecified atom stereocenters. The topological polar surface area (TPSA) is 75.7 Å². The first kappa shape index (κ1) is 18.4. The van der Waals surface area contributed by atoms with Crippen molar-refractivity contribution in [1.82, 2.24) is 9.62 Å². The van der Waals surface area contributed by atoms with Crippen LogP contribution >= 0.6 is 0 Å². The van der Waals surface area contributed by atoms with E-state index in [0.717, 1.165) is 24.8 Å². The zero-order valence-corrected chi connectivity index (χ0v) is 15.4. The van der Waals surface area contributed by atoms with Gasteiger partial charge in [0.2, 0.25) is 10.0 Å². The monoisotopic (exact) mass is 366 g/mol. The van der Waals surface area contributed by atoms with Crippen LogP contribution in [0, 0.1) is 0 Å². The van der Waals surface area contributed by atoms with Crippen molar-refractivity contribution in [2.45, 2.75) is 56.1 Å². The van der Waals surface area contributed by atoms with E-state index in [0.29, 0.717) is 37.4 Å². The number of hydrogen-bond donors (Lipinski definition) is 1. The number of likely N-dealkylation sites (tertiary alicyclic amines) is 1. The third kappa shape index (κ3) is 4.40. The Kier molecular flexibility index (Phi) is 5.76. The molecule has 2 aliphatic rings. The summed E-state index contributed by atoms with van der Waals surface area (Å²) in [6.07, 6.45) is 3.56. The van der Waals surface area contributed by atoms with Crippen molar-refractivity contribution < 1.29 is 17.9 Å². The smallest absolute Gasteiger partial charge is 0.251 e. The predicted octanol–water partition coefficient (Wildman–Crippen LogP) is 1.70. The number of hydrogen-bond acceptors (Lipinski definition) is 4. The van der Waals surface area contributed by atoms with Crippen LogP contribution < -0.4 is 4.72 Å². The zero-order chi connectivity index (χ0) is 17.9. The Labute approximate surface area is 149 Å². The zero-order valence-electron chi connectivity index (χ0n) is 14.6. The highest BCUT2D eigenvalue weighted by atomic mass is 32.2. The molecule has 3 rings (SSSR count). The lowest BCUT2D eigenvalue weighted by atomic mass is 10.1. The van der Waals surface area contributed by atoms with Crippen LogP contribution in [0.15, 0.2) is 29.2 Å². The quantitative estimate of drug-likeness (QED) is 0.861. The van der Waals surface area contributed by atoms with Crippen LogP contribution in [-0.2, 0) is 26.0 Å². The molecular formula is C18H26N2O4S. The van der Waals surface area contributed by atoms with Crippen molar-refractivity contribution in [3.8, 4) is 0 Å². The predicted molar refractivity (Wildman–Crippen MR) is 94.7 cm³/mol. The summed E-state index contributed by atoms with van der Waals surface area (Å²) in [5.74, 6) is 0.0500. The fraction of sp³-hybridized carbons (Fsp3) is 0.611. The second-order valence-electron chi connectivity index (χ2n) is 6.72. The summed E-state index contributed by atoms with van der Waals surface area (Å²) < 4.78 is 33.3. The Morgan fingerprint density at radius 2 is 1.88 bits per heavy atom. The molecule has 2 fully saturated rings. The van der Waals surface area contributed by atoms with Gasteiger partial charge in [-0.2, -0.15) is 0 Å². The first-order valence-corrected chi connectivity index (χ1v) is 10.5. The van der Waals surface area contributed by atoms with E-state index in [4.69, 9.17) is 4.74 Å². The summed E-state index contributed by atoms with van der Waals surface area (Å²) >= 11 is 0. The van der Waals surface area contributed by atoms with Gasteiger partial charge in [0.1, 0.15) is 6.10 Å². The molecule has 1 atom stereocenters. The molecule has 7 heteroatoms. The minimum atomic E-state index is -3.52. The van der Waals surface area contributed by atoms with Crippen molar-refractivity contribution >= 4 is 15.9 Å². The van der Waals surface area contributed by atoms with Gasteiger partial charge in [-0.05, 0) is 49.8 Å². The van der Waals surface area contributed by atoms with E-state index >= 15 is 0 Å². The number of piperidine rings is 1. The van der Waals surface area contributed by atoms with Gasteiger partial charge >= 0.3 is 0 Å². The Bertz CT molecular complexity index is 688. The number of aryl methyl sites for hydroxylation is 1. The molecule has 1 aromatic carbocycles. The van der Waals surface area contributed by atoms with Gasteiger partial charge in [0, 0.05) is 25.7 Å². The summed E-state index contributed by atoms with van der Waals surface area (Å²) in [6.45, 7) is 3.83. The minimum Gasteiger partial charge on any atom is -0.368 e. The average Bonchev–Trinajstić information content (AvgIpc) is 3.16. The van der Waals surface area contributed by atoms with Crippen molar-refractivity contribution in [2.24, 2.45) is 0 Å². The van der Waals surface area contributed by atoms with E-state index in [1.54, 1.807) is 17.0 Å². The van der Waals surface area contributed by atoms with Crippen LogP contribution in [0.3, 0.4) is 0 Å². The number of amides is 1. The molecule has 1 N–H and O–H groups in total. The maximum atomic E-state index is 12.5. The third-order valence-corrected chi connectivity index (χ3v) is 6.51. The number of ether oxygens (including phenoxy) is 1. The second kappa shape index (κ2) is 7.85. The summed E-state index contributed by atoms with van der Waals surface area (Å²) in [4.78, 5) is 14.4. The molecule has 138 valence electrons. The number of benzene rings is 1. The molecule has 1 aromatic rings. The number of sulfonamides is 1. The van der Waals surface area contributed by atoms with Gasteiger partial charge in [0.25, 0.3) is 5.91 Å². The number of carbonyl (C=O) groups excluding carboxylic acids is 1. The van der Waals surface area contributed by atoms with Gasteiger partial charge in [-0.3, -0.25) is 4.79 Å². The molecule has 0 radical (unpaired) electrons.